The Bertz CT molecular complexity index is 363. The molecular formula is C14H23N3O. The minimum Gasteiger partial charge on any atom is -0.338 e. The molecule has 2 fully saturated rings. The normalized spacial score (nSPS) is 27.0. The van der Waals surface area contributed by atoms with Crippen LogP contribution in [0.2, 0.25) is 0 Å². The van der Waals surface area contributed by atoms with Crippen LogP contribution in [0.25, 0.3) is 0 Å². The lowest BCUT2D eigenvalue weighted by Gasteiger charge is -2.19. The Morgan fingerprint density at radius 2 is 1.72 bits per heavy atom. The summed E-state index contributed by atoms with van der Waals surface area (Å²) < 4.78 is 5.47. The van der Waals surface area contributed by atoms with Gasteiger partial charge < -0.3 is 9.84 Å². The fourth-order valence-electron chi connectivity index (χ4n) is 3.15. The van der Waals surface area contributed by atoms with Crippen molar-refractivity contribution in [3.05, 3.63) is 11.7 Å². The summed E-state index contributed by atoms with van der Waals surface area (Å²) >= 11 is 0. The maximum atomic E-state index is 5.47. The van der Waals surface area contributed by atoms with E-state index in [1.807, 2.05) is 0 Å². The molecule has 1 saturated heterocycles. The van der Waals surface area contributed by atoms with E-state index in [2.05, 4.69) is 15.5 Å². The lowest BCUT2D eigenvalue weighted by atomic mass is 10.00. The third-order valence-electron chi connectivity index (χ3n) is 4.29. The number of rotatable bonds is 2. The van der Waals surface area contributed by atoms with E-state index >= 15 is 0 Å². The molecule has 1 aromatic heterocycles. The smallest absolute Gasteiger partial charge is 0.243 e. The molecule has 1 aliphatic heterocycles. The summed E-state index contributed by atoms with van der Waals surface area (Å²) in [5, 5.41) is 7.70. The maximum absolute atomic E-state index is 5.47. The zero-order chi connectivity index (χ0) is 12.2. The molecule has 0 radical (unpaired) electrons. The summed E-state index contributed by atoms with van der Waals surface area (Å²) in [5.74, 6) is 2.31. The van der Waals surface area contributed by atoms with Crippen molar-refractivity contribution in [2.45, 2.75) is 69.7 Å². The monoisotopic (exact) mass is 249 g/mol. The number of nitrogens with zero attached hydrogens (tertiary/aromatic N) is 2. The van der Waals surface area contributed by atoms with E-state index in [1.54, 1.807) is 0 Å². The molecule has 0 aromatic carbocycles. The zero-order valence-electron chi connectivity index (χ0n) is 11.0. The van der Waals surface area contributed by atoms with E-state index in [0.29, 0.717) is 12.0 Å². The third kappa shape index (κ3) is 2.74. The van der Waals surface area contributed by atoms with Crippen molar-refractivity contribution in [2.24, 2.45) is 0 Å². The molecule has 18 heavy (non-hydrogen) atoms. The van der Waals surface area contributed by atoms with Gasteiger partial charge in [0.25, 0.3) is 0 Å². The van der Waals surface area contributed by atoms with Gasteiger partial charge in [-0.3, -0.25) is 0 Å². The van der Waals surface area contributed by atoms with Crippen molar-refractivity contribution < 1.29 is 4.52 Å². The van der Waals surface area contributed by atoms with Crippen molar-refractivity contribution in [1.29, 1.82) is 0 Å². The summed E-state index contributed by atoms with van der Waals surface area (Å²) in [5.41, 5.74) is 0. The van der Waals surface area contributed by atoms with Crippen LogP contribution in [0.1, 0.15) is 81.5 Å². The van der Waals surface area contributed by atoms with E-state index in [1.165, 1.54) is 51.4 Å². The topological polar surface area (TPSA) is 51.0 Å². The van der Waals surface area contributed by atoms with Crippen LogP contribution >= 0.6 is 0 Å². The summed E-state index contributed by atoms with van der Waals surface area (Å²) in [6.07, 6.45) is 11.5. The highest BCUT2D eigenvalue weighted by Crippen LogP contribution is 2.31. The van der Waals surface area contributed by atoms with Crippen molar-refractivity contribution in [1.82, 2.24) is 15.5 Å². The van der Waals surface area contributed by atoms with Gasteiger partial charge in [0, 0.05) is 5.92 Å². The van der Waals surface area contributed by atoms with Crippen LogP contribution in [0.4, 0.5) is 0 Å². The summed E-state index contributed by atoms with van der Waals surface area (Å²) in [6, 6.07) is 0.297. The Labute approximate surface area is 109 Å². The predicted molar refractivity (Wildman–Crippen MR) is 69.3 cm³/mol. The summed E-state index contributed by atoms with van der Waals surface area (Å²) in [4.78, 5) is 4.66. The Morgan fingerprint density at radius 1 is 0.944 bits per heavy atom. The van der Waals surface area contributed by atoms with E-state index in [4.69, 9.17) is 4.52 Å². The van der Waals surface area contributed by atoms with E-state index in [9.17, 15) is 0 Å². The fourth-order valence-corrected chi connectivity index (χ4v) is 3.15. The number of piperidine rings is 1. The minimum atomic E-state index is 0.297. The van der Waals surface area contributed by atoms with Gasteiger partial charge in [0.05, 0.1) is 6.04 Å². The highest BCUT2D eigenvalue weighted by atomic mass is 16.5. The van der Waals surface area contributed by atoms with Gasteiger partial charge in [0.1, 0.15) is 0 Å². The van der Waals surface area contributed by atoms with Crippen LogP contribution in [-0.2, 0) is 0 Å². The molecule has 0 spiro atoms. The molecular weight excluding hydrogens is 226 g/mol. The van der Waals surface area contributed by atoms with Crippen LogP contribution in [0.15, 0.2) is 4.52 Å². The average Bonchev–Trinajstić information content (AvgIpc) is 2.76. The van der Waals surface area contributed by atoms with Gasteiger partial charge >= 0.3 is 0 Å². The first kappa shape index (κ1) is 12.2. The quantitative estimate of drug-likeness (QED) is 0.817. The van der Waals surface area contributed by atoms with Crippen molar-refractivity contribution >= 4 is 0 Å². The van der Waals surface area contributed by atoms with Gasteiger partial charge in [-0.15, -0.1) is 0 Å². The molecule has 4 nitrogen and oxygen atoms in total. The Kier molecular flexibility index (Phi) is 3.93. The summed E-state index contributed by atoms with van der Waals surface area (Å²) in [7, 11) is 0. The van der Waals surface area contributed by atoms with E-state index in [0.717, 1.165) is 24.7 Å². The molecule has 0 amide bonds. The predicted octanol–water partition coefficient (Wildman–Crippen LogP) is 3.32. The minimum absolute atomic E-state index is 0.297. The second-order valence-corrected chi connectivity index (χ2v) is 5.68. The standard InChI is InChI=1S/C14H23N3O/c1-2-4-8-11(7-3-1)13-16-14(18-17-13)12-9-5-6-10-15-12/h11-12,15H,1-10H2/t12-/m1/s1. The molecule has 1 aliphatic carbocycles. The number of aromatic nitrogens is 2. The molecule has 3 rings (SSSR count). The highest BCUT2D eigenvalue weighted by molar-refractivity contribution is 5.00. The lowest BCUT2D eigenvalue weighted by molar-refractivity contribution is 0.294. The molecule has 0 unspecified atom stereocenters. The van der Waals surface area contributed by atoms with Gasteiger partial charge in [0.2, 0.25) is 5.89 Å². The average molecular weight is 249 g/mol. The molecule has 1 atom stereocenters. The Hall–Kier alpha value is -0.900. The van der Waals surface area contributed by atoms with Crippen molar-refractivity contribution in [3.63, 3.8) is 0 Å². The van der Waals surface area contributed by atoms with Crippen LogP contribution in [0, 0.1) is 0 Å². The third-order valence-corrected chi connectivity index (χ3v) is 4.29. The van der Waals surface area contributed by atoms with E-state index in [-0.39, 0.29) is 0 Å². The van der Waals surface area contributed by atoms with Gasteiger partial charge in [-0.25, -0.2) is 0 Å². The van der Waals surface area contributed by atoms with Crippen molar-refractivity contribution in [3.8, 4) is 0 Å². The molecule has 100 valence electrons. The maximum Gasteiger partial charge on any atom is 0.243 e. The lowest BCUT2D eigenvalue weighted by Crippen LogP contribution is -2.27. The van der Waals surface area contributed by atoms with Crippen LogP contribution < -0.4 is 5.32 Å². The number of hydrogen-bond donors (Lipinski definition) is 1. The molecule has 1 aromatic rings. The molecule has 1 N–H and O–H groups in total. The second kappa shape index (κ2) is 5.83. The fraction of sp³-hybridized carbons (Fsp3) is 0.857. The SMILES string of the molecule is C1CCCC(c2noc([C@H]3CCCCN3)n2)CC1. The van der Waals surface area contributed by atoms with Gasteiger partial charge in [0.15, 0.2) is 5.82 Å². The van der Waals surface area contributed by atoms with Crippen LogP contribution in [0.3, 0.4) is 0 Å². The highest BCUT2D eigenvalue weighted by Gasteiger charge is 2.24. The Morgan fingerprint density at radius 3 is 2.44 bits per heavy atom. The zero-order valence-corrected chi connectivity index (χ0v) is 11.0. The molecule has 1 saturated carbocycles. The Balaban J connectivity index is 1.67. The molecule has 2 aliphatic rings. The van der Waals surface area contributed by atoms with Crippen molar-refractivity contribution in [2.75, 3.05) is 6.54 Å². The van der Waals surface area contributed by atoms with E-state index < -0.39 is 0 Å². The number of nitrogens with one attached hydrogen (secondary N) is 1. The summed E-state index contributed by atoms with van der Waals surface area (Å²) in [6.45, 7) is 1.08. The molecule has 4 heteroatoms. The van der Waals surface area contributed by atoms with Gasteiger partial charge in [-0.1, -0.05) is 37.3 Å². The largest absolute Gasteiger partial charge is 0.338 e. The van der Waals surface area contributed by atoms with Gasteiger partial charge in [-0.05, 0) is 32.2 Å². The first-order valence-corrected chi connectivity index (χ1v) is 7.50. The number of hydrogen-bond acceptors (Lipinski definition) is 4. The first-order valence-electron chi connectivity index (χ1n) is 7.50. The molecule has 0 bridgehead atoms. The van der Waals surface area contributed by atoms with Crippen LogP contribution in [0.5, 0.6) is 0 Å². The molecule has 2 heterocycles. The van der Waals surface area contributed by atoms with Crippen LogP contribution in [-0.4, -0.2) is 16.7 Å². The van der Waals surface area contributed by atoms with Gasteiger partial charge in [-0.2, -0.15) is 4.98 Å². The second-order valence-electron chi connectivity index (χ2n) is 5.68. The first-order chi connectivity index (χ1) is 8.93.